The molecule has 0 spiro atoms. The van der Waals surface area contributed by atoms with Crippen LogP contribution in [0.3, 0.4) is 0 Å². The lowest BCUT2D eigenvalue weighted by Gasteiger charge is -2.15. The fourth-order valence-corrected chi connectivity index (χ4v) is 2.07. The van der Waals surface area contributed by atoms with Crippen LogP contribution in [-0.4, -0.2) is 23.1 Å². The summed E-state index contributed by atoms with van der Waals surface area (Å²) in [5, 5.41) is 14.9. The Morgan fingerprint density at radius 1 is 1.29 bits per heavy atom. The van der Waals surface area contributed by atoms with Gasteiger partial charge in [0.05, 0.1) is 5.92 Å². The first-order chi connectivity index (χ1) is 9.88. The van der Waals surface area contributed by atoms with Gasteiger partial charge in [0.15, 0.2) is 0 Å². The molecule has 0 heterocycles. The Bertz CT molecular complexity index is 494. The number of hydrogen-bond donors (Lipinski definition) is 3. The van der Waals surface area contributed by atoms with E-state index in [9.17, 15) is 9.59 Å². The van der Waals surface area contributed by atoms with Crippen LogP contribution in [0, 0.1) is 5.92 Å². The molecule has 0 aromatic heterocycles. The highest BCUT2D eigenvalue weighted by atomic mass is 35.5. The van der Waals surface area contributed by atoms with Crippen molar-refractivity contribution in [2.45, 2.75) is 39.2 Å². The fourth-order valence-electron chi connectivity index (χ4n) is 1.88. The second kappa shape index (κ2) is 8.52. The number of anilines is 1. The van der Waals surface area contributed by atoms with Crippen LogP contribution in [0.1, 0.15) is 33.1 Å². The van der Waals surface area contributed by atoms with Gasteiger partial charge in [-0.25, -0.2) is 4.79 Å². The van der Waals surface area contributed by atoms with Crippen molar-refractivity contribution < 1.29 is 14.7 Å². The predicted molar refractivity (Wildman–Crippen MR) is 83.7 cm³/mol. The van der Waals surface area contributed by atoms with Gasteiger partial charge >= 0.3 is 12.0 Å². The Kier molecular flexibility index (Phi) is 7.02. The highest BCUT2D eigenvalue weighted by Gasteiger charge is 2.12. The van der Waals surface area contributed by atoms with Gasteiger partial charge in [-0.2, -0.15) is 0 Å². The molecule has 1 rings (SSSR count). The molecule has 1 aromatic carbocycles. The number of carboxylic acid groups (broad SMARTS) is 1. The number of urea groups is 1. The van der Waals surface area contributed by atoms with Gasteiger partial charge in [0, 0.05) is 16.8 Å². The summed E-state index contributed by atoms with van der Waals surface area (Å²) in [6.45, 7) is 3.58. The number of amides is 2. The summed E-state index contributed by atoms with van der Waals surface area (Å²) in [4.78, 5) is 22.5. The standard InChI is InChI=1S/C15H21ClN2O3/c1-10(14(19)20)5-3-6-11(2)17-15(21)18-13-8-4-7-12(16)9-13/h4,7-11H,3,5-6H2,1-2H3,(H,19,20)(H2,17,18,21). The Hall–Kier alpha value is -1.75. The van der Waals surface area contributed by atoms with Crippen LogP contribution in [0.2, 0.25) is 5.02 Å². The number of nitrogens with one attached hydrogen (secondary N) is 2. The van der Waals surface area contributed by atoms with E-state index in [1.807, 2.05) is 6.92 Å². The van der Waals surface area contributed by atoms with E-state index in [0.717, 1.165) is 12.8 Å². The molecular weight excluding hydrogens is 292 g/mol. The van der Waals surface area contributed by atoms with Crippen LogP contribution in [-0.2, 0) is 4.79 Å². The minimum atomic E-state index is -0.783. The SMILES string of the molecule is CC(CCCC(C)C(=O)O)NC(=O)Nc1cccc(Cl)c1. The maximum absolute atomic E-state index is 11.8. The molecule has 2 unspecified atom stereocenters. The Labute approximate surface area is 129 Å². The molecule has 5 nitrogen and oxygen atoms in total. The number of carbonyl (C=O) groups is 2. The van der Waals surface area contributed by atoms with Gasteiger partial charge in [0.2, 0.25) is 0 Å². The molecule has 0 saturated heterocycles. The number of hydrogen-bond acceptors (Lipinski definition) is 2. The molecule has 116 valence electrons. The minimum Gasteiger partial charge on any atom is -0.481 e. The van der Waals surface area contributed by atoms with Crippen molar-refractivity contribution in [3.05, 3.63) is 29.3 Å². The zero-order valence-electron chi connectivity index (χ0n) is 12.2. The van der Waals surface area contributed by atoms with Crippen LogP contribution < -0.4 is 10.6 Å². The average Bonchev–Trinajstić information content (AvgIpc) is 2.37. The van der Waals surface area contributed by atoms with Gasteiger partial charge in [-0.1, -0.05) is 31.0 Å². The fraction of sp³-hybridized carbons (Fsp3) is 0.467. The molecule has 0 aliphatic rings. The number of carboxylic acids is 1. The van der Waals surface area contributed by atoms with Crippen molar-refractivity contribution in [2.75, 3.05) is 5.32 Å². The number of aliphatic carboxylic acids is 1. The Morgan fingerprint density at radius 2 is 2.00 bits per heavy atom. The number of halogens is 1. The number of rotatable bonds is 7. The van der Waals surface area contributed by atoms with Crippen LogP contribution in [0.25, 0.3) is 0 Å². The van der Waals surface area contributed by atoms with Gasteiger partial charge in [-0.15, -0.1) is 0 Å². The molecular formula is C15H21ClN2O3. The van der Waals surface area contributed by atoms with E-state index in [4.69, 9.17) is 16.7 Å². The topological polar surface area (TPSA) is 78.4 Å². The third kappa shape index (κ3) is 6.99. The molecule has 0 aliphatic carbocycles. The number of benzene rings is 1. The number of carbonyl (C=O) groups excluding carboxylic acids is 1. The van der Waals surface area contributed by atoms with Crippen LogP contribution >= 0.6 is 11.6 Å². The van der Waals surface area contributed by atoms with Crippen molar-refractivity contribution >= 4 is 29.3 Å². The van der Waals surface area contributed by atoms with E-state index in [-0.39, 0.29) is 18.0 Å². The summed E-state index contributed by atoms with van der Waals surface area (Å²) >= 11 is 5.84. The summed E-state index contributed by atoms with van der Waals surface area (Å²) in [6.07, 6.45) is 2.10. The summed E-state index contributed by atoms with van der Waals surface area (Å²) in [6, 6.07) is 6.59. The Morgan fingerprint density at radius 3 is 2.62 bits per heavy atom. The molecule has 21 heavy (non-hydrogen) atoms. The molecule has 2 atom stereocenters. The minimum absolute atomic E-state index is 0.0230. The first-order valence-corrected chi connectivity index (χ1v) is 7.32. The van der Waals surface area contributed by atoms with E-state index in [1.54, 1.807) is 31.2 Å². The smallest absolute Gasteiger partial charge is 0.319 e. The average molecular weight is 313 g/mol. The van der Waals surface area contributed by atoms with E-state index in [2.05, 4.69) is 10.6 Å². The lowest BCUT2D eigenvalue weighted by molar-refractivity contribution is -0.141. The maximum Gasteiger partial charge on any atom is 0.319 e. The molecule has 6 heteroatoms. The molecule has 0 radical (unpaired) electrons. The van der Waals surface area contributed by atoms with Crippen molar-refractivity contribution in [3.63, 3.8) is 0 Å². The molecule has 3 N–H and O–H groups in total. The lowest BCUT2D eigenvalue weighted by atomic mass is 10.0. The first-order valence-electron chi connectivity index (χ1n) is 6.94. The lowest BCUT2D eigenvalue weighted by Crippen LogP contribution is -2.36. The van der Waals surface area contributed by atoms with Crippen LogP contribution in [0.15, 0.2) is 24.3 Å². The molecule has 2 amide bonds. The third-order valence-corrected chi connectivity index (χ3v) is 3.39. The largest absolute Gasteiger partial charge is 0.481 e. The third-order valence-electron chi connectivity index (χ3n) is 3.16. The van der Waals surface area contributed by atoms with Gasteiger partial charge in [-0.3, -0.25) is 4.79 Å². The van der Waals surface area contributed by atoms with E-state index in [1.165, 1.54) is 0 Å². The van der Waals surface area contributed by atoms with Gasteiger partial charge in [0.25, 0.3) is 0 Å². The molecule has 1 aromatic rings. The zero-order valence-corrected chi connectivity index (χ0v) is 13.0. The van der Waals surface area contributed by atoms with E-state index >= 15 is 0 Å². The van der Waals surface area contributed by atoms with Crippen molar-refractivity contribution in [1.29, 1.82) is 0 Å². The van der Waals surface area contributed by atoms with Gasteiger partial charge in [0.1, 0.15) is 0 Å². The van der Waals surface area contributed by atoms with Gasteiger partial charge < -0.3 is 15.7 Å². The van der Waals surface area contributed by atoms with Crippen LogP contribution in [0.5, 0.6) is 0 Å². The summed E-state index contributed by atoms with van der Waals surface area (Å²) < 4.78 is 0. The van der Waals surface area contributed by atoms with E-state index < -0.39 is 5.97 Å². The second-order valence-corrected chi connectivity index (χ2v) is 5.62. The highest BCUT2D eigenvalue weighted by Crippen LogP contribution is 2.15. The van der Waals surface area contributed by atoms with Crippen molar-refractivity contribution in [1.82, 2.24) is 5.32 Å². The normalized spacial score (nSPS) is 13.3. The summed E-state index contributed by atoms with van der Waals surface area (Å²) in [5.41, 5.74) is 0.631. The summed E-state index contributed by atoms with van der Waals surface area (Å²) in [7, 11) is 0. The summed E-state index contributed by atoms with van der Waals surface area (Å²) in [5.74, 6) is -1.13. The monoisotopic (exact) mass is 312 g/mol. The maximum atomic E-state index is 11.8. The molecule has 0 aliphatic heterocycles. The zero-order chi connectivity index (χ0) is 15.8. The van der Waals surface area contributed by atoms with Crippen molar-refractivity contribution in [3.8, 4) is 0 Å². The second-order valence-electron chi connectivity index (χ2n) is 5.18. The molecule has 0 fully saturated rings. The van der Waals surface area contributed by atoms with Crippen LogP contribution in [0.4, 0.5) is 10.5 Å². The molecule has 0 bridgehead atoms. The van der Waals surface area contributed by atoms with E-state index in [0.29, 0.717) is 17.1 Å². The Balaban J connectivity index is 2.29. The van der Waals surface area contributed by atoms with Gasteiger partial charge in [-0.05, 0) is 38.0 Å². The van der Waals surface area contributed by atoms with Crippen molar-refractivity contribution in [2.24, 2.45) is 5.92 Å². The predicted octanol–water partition coefficient (Wildman–Crippen LogP) is 3.74. The highest BCUT2D eigenvalue weighted by molar-refractivity contribution is 6.30. The molecule has 0 saturated carbocycles. The first kappa shape index (κ1) is 17.3. The quantitative estimate of drug-likeness (QED) is 0.717.